The molecule has 1 heterocycles. The van der Waals surface area contributed by atoms with E-state index in [0.717, 1.165) is 32.3 Å². The molecule has 184 valence electrons. The molecule has 0 radical (unpaired) electrons. The number of carbonyl (C=O) groups excluding carboxylic acids is 1. The third-order valence-electron chi connectivity index (χ3n) is 5.47. The molecule has 4 aromatic rings. The maximum absolute atomic E-state index is 11.4. The van der Waals surface area contributed by atoms with Gasteiger partial charge in [-0.2, -0.15) is 0 Å². The zero-order valence-electron chi connectivity index (χ0n) is 19.8. The summed E-state index contributed by atoms with van der Waals surface area (Å²) in [5, 5.41) is 3.60. The van der Waals surface area contributed by atoms with Crippen molar-refractivity contribution < 1.29 is 14.3 Å². The molecule has 7 heteroatoms. The van der Waals surface area contributed by atoms with Crippen molar-refractivity contribution in [1.29, 1.82) is 0 Å². The minimum absolute atomic E-state index is 0.0576. The van der Waals surface area contributed by atoms with Crippen molar-refractivity contribution >= 4 is 33.3 Å². The van der Waals surface area contributed by atoms with Crippen LogP contribution in [0.3, 0.4) is 0 Å². The molecule has 0 bridgehead atoms. The fraction of sp³-hybridized carbons (Fsp3) is 0.172. The first-order valence-electron chi connectivity index (χ1n) is 11.5. The van der Waals surface area contributed by atoms with Gasteiger partial charge in [0.15, 0.2) is 0 Å². The number of ketones is 1. The lowest BCUT2D eigenvalue weighted by molar-refractivity contribution is -0.116. The van der Waals surface area contributed by atoms with E-state index in [-0.39, 0.29) is 12.3 Å². The van der Waals surface area contributed by atoms with E-state index in [2.05, 4.69) is 44.4 Å². The first kappa shape index (κ1) is 25.9. The monoisotopic (exact) mass is 564 g/mol. The molecule has 0 amide bonds. The second-order valence-corrected chi connectivity index (χ2v) is 9.48. The fourth-order valence-electron chi connectivity index (χ4n) is 3.66. The summed E-state index contributed by atoms with van der Waals surface area (Å²) in [7, 11) is 0. The van der Waals surface area contributed by atoms with Crippen molar-refractivity contribution in [2.45, 2.75) is 26.7 Å². The Kier molecular flexibility index (Phi) is 9.11. The van der Waals surface area contributed by atoms with E-state index in [4.69, 9.17) is 21.1 Å². The standard InChI is InChI=1S/C29H26BrClN2O3/c1-20(34)15-33-17-24-13-26(31)28(14-27(24)35-18-21-7-6-12-32-16-21)36-19-23-10-5-11-25(29(23)30)22-8-3-2-4-9-22/h2-14,16,33H,15,17-19H2,1H3. The number of aromatic nitrogens is 1. The molecule has 0 spiro atoms. The van der Waals surface area contributed by atoms with Gasteiger partial charge in [-0.25, -0.2) is 0 Å². The average Bonchev–Trinajstić information content (AvgIpc) is 2.89. The Morgan fingerprint density at radius 2 is 1.75 bits per heavy atom. The highest BCUT2D eigenvalue weighted by Gasteiger charge is 2.14. The summed E-state index contributed by atoms with van der Waals surface area (Å²) in [4.78, 5) is 15.5. The number of hydrogen-bond acceptors (Lipinski definition) is 5. The molecular weight excluding hydrogens is 540 g/mol. The molecule has 1 aromatic heterocycles. The lowest BCUT2D eigenvalue weighted by Crippen LogP contribution is -2.20. The highest BCUT2D eigenvalue weighted by molar-refractivity contribution is 9.10. The predicted molar refractivity (Wildman–Crippen MR) is 146 cm³/mol. The van der Waals surface area contributed by atoms with E-state index in [0.29, 0.717) is 36.3 Å². The van der Waals surface area contributed by atoms with E-state index < -0.39 is 0 Å². The molecule has 0 atom stereocenters. The highest BCUT2D eigenvalue weighted by atomic mass is 79.9. The van der Waals surface area contributed by atoms with Gasteiger partial charge in [0.2, 0.25) is 0 Å². The van der Waals surface area contributed by atoms with Crippen LogP contribution in [0.25, 0.3) is 11.1 Å². The maximum Gasteiger partial charge on any atom is 0.143 e. The zero-order valence-corrected chi connectivity index (χ0v) is 22.2. The lowest BCUT2D eigenvalue weighted by Gasteiger charge is -2.17. The first-order valence-corrected chi connectivity index (χ1v) is 12.7. The summed E-state index contributed by atoms with van der Waals surface area (Å²) < 4.78 is 13.2. The smallest absolute Gasteiger partial charge is 0.143 e. The second kappa shape index (κ2) is 12.7. The van der Waals surface area contributed by atoms with E-state index >= 15 is 0 Å². The van der Waals surface area contributed by atoms with Gasteiger partial charge in [-0.15, -0.1) is 0 Å². The van der Waals surface area contributed by atoms with Crippen molar-refractivity contribution in [3.05, 3.63) is 111 Å². The van der Waals surface area contributed by atoms with E-state index in [1.165, 1.54) is 0 Å². The van der Waals surface area contributed by atoms with Crippen LogP contribution in [0.4, 0.5) is 0 Å². The Hall–Kier alpha value is -3.19. The summed E-state index contributed by atoms with van der Waals surface area (Å²) in [6, 6.07) is 23.7. The molecule has 3 aromatic carbocycles. The normalized spacial score (nSPS) is 10.8. The molecule has 1 N–H and O–H groups in total. The molecule has 36 heavy (non-hydrogen) atoms. The van der Waals surface area contributed by atoms with Crippen LogP contribution >= 0.6 is 27.5 Å². The van der Waals surface area contributed by atoms with Crippen LogP contribution in [0.5, 0.6) is 11.5 Å². The maximum atomic E-state index is 11.4. The summed E-state index contributed by atoms with van der Waals surface area (Å²) in [5.41, 5.74) is 4.99. The van der Waals surface area contributed by atoms with Crippen molar-refractivity contribution in [2.75, 3.05) is 6.54 Å². The van der Waals surface area contributed by atoms with Gasteiger partial charge in [0.25, 0.3) is 0 Å². The number of halogens is 2. The van der Waals surface area contributed by atoms with Gasteiger partial charge < -0.3 is 14.8 Å². The molecule has 0 fully saturated rings. The Bertz CT molecular complexity index is 1320. The Balaban J connectivity index is 1.54. The first-order chi connectivity index (χ1) is 17.5. The number of nitrogens with zero attached hydrogens (tertiary/aromatic N) is 1. The predicted octanol–water partition coefficient (Wildman–Crippen LogP) is 7.00. The number of nitrogens with one attached hydrogen (secondary N) is 1. The van der Waals surface area contributed by atoms with Crippen LogP contribution < -0.4 is 14.8 Å². The molecule has 0 aliphatic carbocycles. The minimum atomic E-state index is 0.0576. The number of Topliss-reactive ketones (excluding diaryl/α,β-unsaturated/α-hetero) is 1. The largest absolute Gasteiger partial charge is 0.488 e. The molecule has 0 aliphatic rings. The third kappa shape index (κ3) is 6.94. The van der Waals surface area contributed by atoms with E-state index in [1.54, 1.807) is 25.4 Å². The van der Waals surface area contributed by atoms with Crippen LogP contribution in [-0.4, -0.2) is 17.3 Å². The Labute approximate surface area is 224 Å². The molecule has 5 nitrogen and oxygen atoms in total. The van der Waals surface area contributed by atoms with E-state index in [9.17, 15) is 4.79 Å². The molecular formula is C29H26BrClN2O3. The number of ether oxygens (including phenoxy) is 2. The SMILES string of the molecule is CC(=O)CNCc1cc(Cl)c(OCc2cccc(-c3ccccc3)c2Br)cc1OCc1cccnc1. The van der Waals surface area contributed by atoms with Crippen LogP contribution in [0, 0.1) is 0 Å². The van der Waals surface area contributed by atoms with Crippen molar-refractivity contribution in [2.24, 2.45) is 0 Å². The Morgan fingerprint density at radius 1 is 0.944 bits per heavy atom. The number of carbonyl (C=O) groups is 1. The molecule has 0 saturated carbocycles. The molecule has 0 aliphatic heterocycles. The van der Waals surface area contributed by atoms with Crippen molar-refractivity contribution in [3.8, 4) is 22.6 Å². The van der Waals surface area contributed by atoms with Gasteiger partial charge in [-0.3, -0.25) is 9.78 Å². The van der Waals surface area contributed by atoms with Gasteiger partial charge in [0, 0.05) is 46.2 Å². The highest BCUT2D eigenvalue weighted by Crippen LogP contribution is 2.36. The molecule has 0 unspecified atom stereocenters. The Morgan fingerprint density at radius 3 is 2.50 bits per heavy atom. The van der Waals surface area contributed by atoms with Crippen molar-refractivity contribution in [1.82, 2.24) is 10.3 Å². The third-order valence-corrected chi connectivity index (χ3v) is 6.70. The van der Waals surface area contributed by atoms with E-state index in [1.807, 2.05) is 48.5 Å². The van der Waals surface area contributed by atoms with Gasteiger partial charge in [-0.1, -0.05) is 66.2 Å². The van der Waals surface area contributed by atoms with Crippen LogP contribution in [-0.2, 0) is 24.6 Å². The van der Waals surface area contributed by atoms with Gasteiger partial charge in [0.1, 0.15) is 30.5 Å². The average molecular weight is 566 g/mol. The van der Waals surface area contributed by atoms with Crippen LogP contribution in [0.15, 0.2) is 89.7 Å². The number of hydrogen-bond donors (Lipinski definition) is 1. The summed E-state index contributed by atoms with van der Waals surface area (Å²) in [5.74, 6) is 1.21. The summed E-state index contributed by atoms with van der Waals surface area (Å²) >= 11 is 10.3. The van der Waals surface area contributed by atoms with Gasteiger partial charge in [0.05, 0.1) is 11.6 Å². The zero-order chi connectivity index (χ0) is 25.3. The minimum Gasteiger partial charge on any atom is -0.488 e. The number of pyridine rings is 1. The van der Waals surface area contributed by atoms with Crippen LogP contribution in [0.2, 0.25) is 5.02 Å². The number of rotatable bonds is 11. The van der Waals surface area contributed by atoms with Gasteiger partial charge >= 0.3 is 0 Å². The quantitative estimate of drug-likeness (QED) is 0.212. The topological polar surface area (TPSA) is 60.5 Å². The van der Waals surface area contributed by atoms with Gasteiger partial charge in [-0.05, 0) is 46.1 Å². The fourth-order valence-corrected chi connectivity index (χ4v) is 4.51. The van der Waals surface area contributed by atoms with Crippen molar-refractivity contribution in [3.63, 3.8) is 0 Å². The summed E-state index contributed by atoms with van der Waals surface area (Å²) in [6.45, 7) is 2.92. The molecule has 4 rings (SSSR count). The second-order valence-electron chi connectivity index (χ2n) is 8.28. The molecule has 0 saturated heterocycles. The lowest BCUT2D eigenvalue weighted by atomic mass is 10.0. The summed E-state index contributed by atoms with van der Waals surface area (Å²) in [6.07, 6.45) is 3.48. The number of benzene rings is 3. The van der Waals surface area contributed by atoms with Crippen LogP contribution in [0.1, 0.15) is 23.6 Å².